The first-order valence-electron chi connectivity index (χ1n) is 2.87. The van der Waals surface area contributed by atoms with E-state index in [1.807, 2.05) is 0 Å². The Kier molecular flexibility index (Phi) is 6.27. The van der Waals surface area contributed by atoms with Gasteiger partial charge in [-0.05, 0) is 0 Å². The summed E-state index contributed by atoms with van der Waals surface area (Å²) in [4.78, 5) is 0. The van der Waals surface area contributed by atoms with Crippen molar-refractivity contribution < 1.29 is 18.3 Å². The summed E-state index contributed by atoms with van der Waals surface area (Å²) >= 11 is 3.74. The Bertz CT molecular complexity index is 203. The van der Waals surface area contributed by atoms with Crippen LogP contribution in [0.4, 0.5) is 0 Å². The van der Waals surface area contributed by atoms with E-state index in [0.717, 1.165) is 0 Å². The first kappa shape index (κ1) is 11.1. The zero-order valence-corrected chi connectivity index (χ0v) is 12.3. The van der Waals surface area contributed by atoms with Crippen LogP contribution < -0.4 is 0 Å². The molecule has 0 nitrogen and oxygen atoms in total. The summed E-state index contributed by atoms with van der Waals surface area (Å²) in [6.45, 7) is 0. The predicted octanol–water partition coefficient (Wildman–Crippen LogP) is 2.92. The molecule has 0 N–H and O–H groups in total. The molecule has 1 aromatic rings. The van der Waals surface area contributed by atoms with E-state index in [4.69, 9.17) is 0 Å². The maximum absolute atomic E-state index is 2.38. The van der Waals surface area contributed by atoms with Gasteiger partial charge >= 0.3 is 79.3 Å². The Morgan fingerprint density at radius 1 is 1.30 bits per heavy atom. The zero-order valence-electron chi connectivity index (χ0n) is 5.51. The van der Waals surface area contributed by atoms with Crippen LogP contribution in [0.25, 0.3) is 0 Å². The molecule has 3 heteroatoms. The molecule has 0 atom stereocenters. The molecule has 10 heavy (non-hydrogen) atoms. The third-order valence-electron chi connectivity index (χ3n) is 1.23. The second kappa shape index (κ2) is 5.67. The molecule has 0 spiro atoms. The first-order chi connectivity index (χ1) is 4.34. The molecule has 0 saturated carbocycles. The van der Waals surface area contributed by atoms with Gasteiger partial charge in [-0.3, -0.25) is 0 Å². The minimum atomic E-state index is 0. The first-order valence-corrected chi connectivity index (χ1v) is 6.05. The van der Waals surface area contributed by atoms with Crippen molar-refractivity contribution in [3.63, 3.8) is 0 Å². The Hall–Kier alpha value is 1.05. The molecule has 0 unspecified atom stereocenters. The van der Waals surface area contributed by atoms with Crippen molar-refractivity contribution >= 4 is 39.6 Å². The van der Waals surface area contributed by atoms with Crippen LogP contribution >= 0.6 is 39.6 Å². The molecule has 0 aliphatic rings. The number of hydrogen-bond acceptors (Lipinski definition) is 0. The molecule has 0 amide bonds. The van der Waals surface area contributed by atoms with Crippen molar-refractivity contribution in [1.82, 2.24) is 0 Å². The quantitative estimate of drug-likeness (QED) is 0.532. The van der Waals surface area contributed by atoms with Crippen LogP contribution in [0.3, 0.4) is 0 Å². The van der Waals surface area contributed by atoms with E-state index >= 15 is 0 Å². The summed E-state index contributed by atoms with van der Waals surface area (Å²) in [6.07, 6.45) is 0. The van der Waals surface area contributed by atoms with E-state index < -0.39 is 0 Å². The van der Waals surface area contributed by atoms with E-state index in [2.05, 4.69) is 46.9 Å². The molecule has 1 aromatic carbocycles. The molecule has 0 radical (unpaired) electrons. The third kappa shape index (κ3) is 2.97. The fourth-order valence-electron chi connectivity index (χ4n) is 0.701. The van der Waals surface area contributed by atoms with Gasteiger partial charge in [0.05, 0.1) is 0 Å². The SMILES string of the molecule is Br.[Zn][CH2]c1ccccc1I. The summed E-state index contributed by atoms with van der Waals surface area (Å²) in [5.41, 5.74) is 1.50. The van der Waals surface area contributed by atoms with Gasteiger partial charge in [0.1, 0.15) is 0 Å². The van der Waals surface area contributed by atoms with Gasteiger partial charge in [-0.25, -0.2) is 0 Å². The molecule has 0 aliphatic carbocycles. The second-order valence-corrected chi connectivity index (χ2v) is 4.05. The fraction of sp³-hybridized carbons (Fsp3) is 0.143. The number of rotatable bonds is 1. The van der Waals surface area contributed by atoms with E-state index in [0.29, 0.717) is 0 Å². The topological polar surface area (TPSA) is 0 Å². The third-order valence-corrected chi connectivity index (χ3v) is 3.41. The van der Waals surface area contributed by atoms with Gasteiger partial charge < -0.3 is 0 Å². The van der Waals surface area contributed by atoms with E-state index in [1.165, 1.54) is 32.5 Å². The molecule has 51 valence electrons. The van der Waals surface area contributed by atoms with Crippen molar-refractivity contribution in [2.24, 2.45) is 0 Å². The fourth-order valence-corrected chi connectivity index (χ4v) is 3.34. The predicted molar refractivity (Wildman–Crippen MR) is 53.2 cm³/mol. The van der Waals surface area contributed by atoms with Gasteiger partial charge in [-0.1, -0.05) is 0 Å². The summed E-state index contributed by atoms with van der Waals surface area (Å²) < 4.78 is 1.40. The average molecular weight is 363 g/mol. The van der Waals surface area contributed by atoms with Crippen molar-refractivity contribution in [2.45, 2.75) is 5.02 Å². The van der Waals surface area contributed by atoms with Crippen molar-refractivity contribution in [3.05, 3.63) is 33.4 Å². The summed E-state index contributed by atoms with van der Waals surface area (Å²) in [5.74, 6) is 0. The molecule has 0 aromatic heterocycles. The van der Waals surface area contributed by atoms with Gasteiger partial charge in [0.25, 0.3) is 0 Å². The van der Waals surface area contributed by atoms with Crippen LogP contribution in [0.2, 0.25) is 0 Å². The Morgan fingerprint density at radius 3 is 2.30 bits per heavy atom. The number of halogens is 2. The van der Waals surface area contributed by atoms with Crippen molar-refractivity contribution in [1.29, 1.82) is 0 Å². The number of hydrogen-bond donors (Lipinski definition) is 0. The van der Waals surface area contributed by atoms with Gasteiger partial charge in [0.15, 0.2) is 0 Å². The Morgan fingerprint density at radius 2 is 1.90 bits per heavy atom. The van der Waals surface area contributed by atoms with E-state index in [1.54, 1.807) is 0 Å². The average Bonchev–Trinajstić information content (AvgIpc) is 1.89. The van der Waals surface area contributed by atoms with Crippen molar-refractivity contribution in [2.75, 3.05) is 0 Å². The number of benzene rings is 1. The van der Waals surface area contributed by atoms with E-state index in [-0.39, 0.29) is 17.0 Å². The Balaban J connectivity index is 0.000000810. The van der Waals surface area contributed by atoms with Crippen LogP contribution in [0.1, 0.15) is 5.56 Å². The van der Waals surface area contributed by atoms with Gasteiger partial charge in [-0.15, -0.1) is 17.0 Å². The monoisotopic (exact) mass is 361 g/mol. The summed E-state index contributed by atoms with van der Waals surface area (Å²) in [7, 11) is 0. The normalized spacial score (nSPS) is 8.70. The molecular weight excluding hydrogens is 356 g/mol. The minimum absolute atomic E-state index is 0. The summed E-state index contributed by atoms with van der Waals surface area (Å²) in [6, 6.07) is 8.55. The molecular formula is C7H7BrIZn. The van der Waals surface area contributed by atoms with E-state index in [9.17, 15) is 0 Å². The van der Waals surface area contributed by atoms with Crippen LogP contribution in [0.5, 0.6) is 0 Å². The second-order valence-electron chi connectivity index (χ2n) is 1.84. The van der Waals surface area contributed by atoms with Gasteiger partial charge in [0, 0.05) is 0 Å². The van der Waals surface area contributed by atoms with Gasteiger partial charge in [-0.2, -0.15) is 0 Å². The Labute approximate surface area is 95.4 Å². The zero-order chi connectivity index (χ0) is 6.69. The molecule has 0 bridgehead atoms. The van der Waals surface area contributed by atoms with Crippen molar-refractivity contribution in [3.8, 4) is 0 Å². The molecule has 1 rings (SSSR count). The molecule has 0 aliphatic heterocycles. The maximum atomic E-state index is 2.38. The van der Waals surface area contributed by atoms with Crippen LogP contribution in [-0.4, -0.2) is 0 Å². The van der Waals surface area contributed by atoms with Gasteiger partial charge in [0.2, 0.25) is 0 Å². The standard InChI is InChI=1S/C7H6I.BrH.Zn/c1-6-4-2-3-5-7(6)8;;/h2-5H,1H2;1H;. The molecule has 0 fully saturated rings. The van der Waals surface area contributed by atoms with Crippen LogP contribution in [0.15, 0.2) is 24.3 Å². The van der Waals surface area contributed by atoms with Crippen LogP contribution in [-0.2, 0) is 23.3 Å². The summed E-state index contributed by atoms with van der Waals surface area (Å²) in [5, 5.41) is 1.26. The molecule has 0 heterocycles. The van der Waals surface area contributed by atoms with Crippen LogP contribution in [0, 0.1) is 3.57 Å². The molecule has 0 saturated heterocycles.